The van der Waals surface area contributed by atoms with E-state index >= 15 is 0 Å². The van der Waals surface area contributed by atoms with Gasteiger partial charge >= 0.3 is 0 Å². The molecular formula is C22H23NO3S. The fraction of sp³-hybridized carbons (Fsp3) is 0.227. The van der Waals surface area contributed by atoms with Crippen LogP contribution in [0.15, 0.2) is 54.6 Å². The molecular weight excluding hydrogens is 358 g/mol. The van der Waals surface area contributed by atoms with Gasteiger partial charge < -0.3 is 14.8 Å². The molecule has 2 aromatic carbocycles. The molecule has 1 amide bonds. The van der Waals surface area contributed by atoms with Crippen molar-refractivity contribution in [3.05, 3.63) is 59.5 Å². The summed E-state index contributed by atoms with van der Waals surface area (Å²) in [5.41, 5.74) is 3.12. The molecule has 0 saturated carbocycles. The number of thiophene rings is 1. The van der Waals surface area contributed by atoms with E-state index in [1.54, 1.807) is 14.2 Å². The first-order valence-electron chi connectivity index (χ1n) is 8.75. The second-order valence-corrected chi connectivity index (χ2v) is 7.49. The van der Waals surface area contributed by atoms with Crippen molar-refractivity contribution in [1.29, 1.82) is 0 Å². The number of carbonyl (C=O) groups excluding carboxylic acids is 1. The lowest BCUT2D eigenvalue weighted by Gasteiger charge is -2.07. The van der Waals surface area contributed by atoms with Crippen molar-refractivity contribution < 1.29 is 14.3 Å². The van der Waals surface area contributed by atoms with Gasteiger partial charge in [0.2, 0.25) is 0 Å². The molecule has 3 rings (SSSR count). The minimum absolute atomic E-state index is 0.0514. The molecule has 0 bridgehead atoms. The highest BCUT2D eigenvalue weighted by Crippen LogP contribution is 2.40. The fourth-order valence-corrected chi connectivity index (χ4v) is 3.87. The van der Waals surface area contributed by atoms with Gasteiger partial charge in [0.05, 0.1) is 19.1 Å². The minimum Gasteiger partial charge on any atom is -0.497 e. The van der Waals surface area contributed by atoms with Gasteiger partial charge in [-0.1, -0.05) is 12.1 Å². The normalized spacial score (nSPS) is 10.7. The molecule has 5 heteroatoms. The number of rotatable bonds is 6. The third-order valence-corrected chi connectivity index (χ3v) is 5.31. The molecule has 0 aliphatic heterocycles. The number of nitrogens with one attached hydrogen (secondary N) is 1. The van der Waals surface area contributed by atoms with Crippen molar-refractivity contribution in [3.8, 4) is 33.1 Å². The molecule has 0 saturated heterocycles. The van der Waals surface area contributed by atoms with Gasteiger partial charge in [0, 0.05) is 16.5 Å². The lowest BCUT2D eigenvalue weighted by Crippen LogP contribution is -2.29. The molecule has 0 unspecified atom stereocenters. The smallest absolute Gasteiger partial charge is 0.261 e. The van der Waals surface area contributed by atoms with Gasteiger partial charge in [0.15, 0.2) is 0 Å². The SMILES string of the molecule is COc1ccc(-c2cc(C(=O)NC(C)C)sc2-c2ccc(OC)cc2)cc1. The standard InChI is InChI=1S/C22H23NO3S/c1-14(2)23-22(24)20-13-19(15-5-9-17(25-3)10-6-15)21(27-20)16-7-11-18(26-4)12-8-16/h5-14H,1-4H3,(H,23,24). The Morgan fingerprint density at radius 2 is 1.41 bits per heavy atom. The van der Waals surface area contributed by atoms with Gasteiger partial charge in [-0.25, -0.2) is 0 Å². The van der Waals surface area contributed by atoms with Gasteiger partial charge in [-0.2, -0.15) is 0 Å². The summed E-state index contributed by atoms with van der Waals surface area (Å²) in [6, 6.07) is 17.8. The van der Waals surface area contributed by atoms with Crippen LogP contribution in [-0.4, -0.2) is 26.2 Å². The summed E-state index contributed by atoms with van der Waals surface area (Å²) in [6.45, 7) is 3.92. The highest BCUT2D eigenvalue weighted by Gasteiger charge is 2.18. The number of methoxy groups -OCH3 is 2. The van der Waals surface area contributed by atoms with Crippen molar-refractivity contribution in [2.75, 3.05) is 14.2 Å². The summed E-state index contributed by atoms with van der Waals surface area (Å²) in [6.07, 6.45) is 0. The summed E-state index contributed by atoms with van der Waals surface area (Å²) < 4.78 is 10.5. The number of carbonyl (C=O) groups is 1. The fourth-order valence-electron chi connectivity index (χ4n) is 2.78. The number of hydrogen-bond donors (Lipinski definition) is 1. The van der Waals surface area contributed by atoms with Crippen LogP contribution in [0.1, 0.15) is 23.5 Å². The van der Waals surface area contributed by atoms with Crippen LogP contribution in [0.3, 0.4) is 0 Å². The Hall–Kier alpha value is -2.79. The first-order valence-corrected chi connectivity index (χ1v) is 9.57. The van der Waals surface area contributed by atoms with Gasteiger partial charge in [-0.05, 0) is 67.4 Å². The summed E-state index contributed by atoms with van der Waals surface area (Å²) in [7, 11) is 3.30. The lowest BCUT2D eigenvalue weighted by atomic mass is 10.0. The zero-order chi connectivity index (χ0) is 19.4. The molecule has 0 fully saturated rings. The average molecular weight is 381 g/mol. The van der Waals surface area contributed by atoms with Crippen LogP contribution in [0.2, 0.25) is 0 Å². The Bertz CT molecular complexity index is 847. The maximum atomic E-state index is 12.5. The maximum Gasteiger partial charge on any atom is 0.261 e. The molecule has 3 aromatic rings. The van der Waals surface area contributed by atoms with Crippen LogP contribution in [0, 0.1) is 0 Å². The Morgan fingerprint density at radius 3 is 1.89 bits per heavy atom. The Kier molecular flexibility index (Phi) is 5.81. The van der Waals surface area contributed by atoms with E-state index in [-0.39, 0.29) is 11.9 Å². The highest BCUT2D eigenvalue weighted by atomic mass is 32.1. The van der Waals surface area contributed by atoms with Gasteiger partial charge in [0.25, 0.3) is 5.91 Å². The van der Waals surface area contributed by atoms with E-state index in [0.717, 1.165) is 33.1 Å². The highest BCUT2D eigenvalue weighted by molar-refractivity contribution is 7.18. The van der Waals surface area contributed by atoms with Gasteiger partial charge in [0.1, 0.15) is 11.5 Å². The van der Waals surface area contributed by atoms with Crippen LogP contribution in [0.25, 0.3) is 21.6 Å². The number of amides is 1. The summed E-state index contributed by atoms with van der Waals surface area (Å²) in [5.74, 6) is 1.56. The molecule has 4 nitrogen and oxygen atoms in total. The number of ether oxygens (including phenoxy) is 2. The van der Waals surface area contributed by atoms with Gasteiger partial charge in [-0.15, -0.1) is 11.3 Å². The first kappa shape index (κ1) is 19.0. The van der Waals surface area contributed by atoms with Crippen LogP contribution in [0.4, 0.5) is 0 Å². The molecule has 0 aliphatic carbocycles. The summed E-state index contributed by atoms with van der Waals surface area (Å²) >= 11 is 1.50. The summed E-state index contributed by atoms with van der Waals surface area (Å²) in [4.78, 5) is 14.3. The predicted molar refractivity (Wildman–Crippen MR) is 111 cm³/mol. The van der Waals surface area contributed by atoms with Crippen LogP contribution in [0.5, 0.6) is 11.5 Å². The van der Waals surface area contributed by atoms with Crippen LogP contribution in [-0.2, 0) is 0 Å². The number of hydrogen-bond acceptors (Lipinski definition) is 4. The molecule has 1 N–H and O–H groups in total. The van der Waals surface area contributed by atoms with Crippen molar-refractivity contribution >= 4 is 17.2 Å². The third kappa shape index (κ3) is 4.31. The quantitative estimate of drug-likeness (QED) is 0.635. The Morgan fingerprint density at radius 1 is 0.889 bits per heavy atom. The molecule has 140 valence electrons. The third-order valence-electron chi connectivity index (χ3n) is 4.13. The van der Waals surface area contributed by atoms with E-state index < -0.39 is 0 Å². The second kappa shape index (κ2) is 8.27. The van der Waals surface area contributed by atoms with E-state index in [1.807, 2.05) is 68.4 Å². The van der Waals surface area contributed by atoms with E-state index in [2.05, 4.69) is 5.32 Å². The molecule has 0 radical (unpaired) electrons. The van der Waals surface area contributed by atoms with E-state index in [4.69, 9.17) is 9.47 Å². The lowest BCUT2D eigenvalue weighted by molar-refractivity contribution is 0.0947. The number of benzene rings is 2. The first-order chi connectivity index (χ1) is 13.0. The zero-order valence-electron chi connectivity index (χ0n) is 15.9. The summed E-state index contributed by atoms with van der Waals surface area (Å²) in [5, 5.41) is 2.97. The molecule has 27 heavy (non-hydrogen) atoms. The van der Waals surface area contributed by atoms with Crippen LogP contribution < -0.4 is 14.8 Å². The molecule has 0 spiro atoms. The predicted octanol–water partition coefficient (Wildman–Crippen LogP) is 5.24. The van der Waals surface area contributed by atoms with Crippen molar-refractivity contribution in [3.63, 3.8) is 0 Å². The van der Waals surface area contributed by atoms with Crippen molar-refractivity contribution in [1.82, 2.24) is 5.32 Å². The molecule has 1 heterocycles. The largest absolute Gasteiger partial charge is 0.497 e. The van der Waals surface area contributed by atoms with Gasteiger partial charge in [-0.3, -0.25) is 4.79 Å². The Labute approximate surface area is 163 Å². The molecule has 0 aliphatic rings. The van der Waals surface area contributed by atoms with E-state index in [1.165, 1.54) is 11.3 Å². The maximum absolute atomic E-state index is 12.5. The van der Waals surface area contributed by atoms with E-state index in [0.29, 0.717) is 4.88 Å². The second-order valence-electron chi connectivity index (χ2n) is 6.44. The van der Waals surface area contributed by atoms with Crippen LogP contribution >= 0.6 is 11.3 Å². The minimum atomic E-state index is -0.0514. The van der Waals surface area contributed by atoms with Crippen molar-refractivity contribution in [2.45, 2.75) is 19.9 Å². The van der Waals surface area contributed by atoms with Crippen molar-refractivity contribution in [2.24, 2.45) is 0 Å². The molecule has 0 atom stereocenters. The Balaban J connectivity index is 2.07. The molecule has 1 aromatic heterocycles. The monoisotopic (exact) mass is 381 g/mol. The topological polar surface area (TPSA) is 47.6 Å². The average Bonchev–Trinajstić information content (AvgIpc) is 3.13. The van der Waals surface area contributed by atoms with E-state index in [9.17, 15) is 4.79 Å². The zero-order valence-corrected chi connectivity index (χ0v) is 16.7.